The van der Waals surface area contributed by atoms with E-state index in [0.29, 0.717) is 15.1 Å². The number of carbonyl (C=O) groups is 1. The Balaban J connectivity index is 2.01. The summed E-state index contributed by atoms with van der Waals surface area (Å²) in [6, 6.07) is 5.09. The maximum atomic E-state index is 11.1. The summed E-state index contributed by atoms with van der Waals surface area (Å²) in [5.41, 5.74) is 0.734. The largest absolute Gasteiger partial charge is 0.478 e. The zero-order valence-corrected chi connectivity index (χ0v) is 12.2. The van der Waals surface area contributed by atoms with Crippen molar-refractivity contribution in [1.29, 1.82) is 0 Å². The molecule has 20 heavy (non-hydrogen) atoms. The number of benzene rings is 1. The monoisotopic (exact) mass is 351 g/mol. The number of hydrogen-bond acceptors (Lipinski definition) is 6. The van der Waals surface area contributed by atoms with Crippen molar-refractivity contribution in [2.24, 2.45) is 0 Å². The normalized spacial score (nSPS) is 10.8. The molecule has 0 unspecified atom stereocenters. The number of carboxylic acids is 1. The van der Waals surface area contributed by atoms with Gasteiger partial charge in [-0.15, -0.1) is 5.10 Å². The summed E-state index contributed by atoms with van der Waals surface area (Å²) in [5.74, 6) is -0.988. The quantitative estimate of drug-likeness (QED) is 0.772. The van der Waals surface area contributed by atoms with E-state index in [4.69, 9.17) is 5.11 Å². The van der Waals surface area contributed by atoms with Crippen LogP contribution in [0.25, 0.3) is 5.65 Å². The maximum Gasteiger partial charge on any atom is 0.336 e. The van der Waals surface area contributed by atoms with Crippen LogP contribution < -0.4 is 0 Å². The minimum absolute atomic E-state index is 0.201. The Morgan fingerprint density at radius 3 is 3.00 bits per heavy atom. The van der Waals surface area contributed by atoms with Crippen LogP contribution in [-0.2, 0) is 0 Å². The molecule has 0 aliphatic carbocycles. The van der Waals surface area contributed by atoms with E-state index >= 15 is 0 Å². The average Bonchev–Trinajstić information content (AvgIpc) is 2.90. The number of rotatable bonds is 3. The average molecular weight is 352 g/mol. The molecule has 3 rings (SSSR count). The molecule has 0 atom stereocenters. The number of carboxylic acid groups (broad SMARTS) is 1. The fraction of sp³-hybridized carbons (Fsp3) is 0. The molecule has 0 amide bonds. The summed E-state index contributed by atoms with van der Waals surface area (Å²) in [6.45, 7) is 0. The van der Waals surface area contributed by atoms with Crippen LogP contribution in [0.1, 0.15) is 10.4 Å². The fourth-order valence-electron chi connectivity index (χ4n) is 1.58. The lowest BCUT2D eigenvalue weighted by atomic mass is 10.2. The lowest BCUT2D eigenvalue weighted by Crippen LogP contribution is -1.98. The van der Waals surface area contributed by atoms with Crippen molar-refractivity contribution < 1.29 is 9.90 Å². The van der Waals surface area contributed by atoms with E-state index in [-0.39, 0.29) is 5.56 Å². The van der Waals surface area contributed by atoms with Gasteiger partial charge in [0.2, 0.25) is 0 Å². The molecule has 7 nitrogen and oxygen atoms in total. The molecule has 2 aromatic heterocycles. The molecule has 0 bridgehead atoms. The molecule has 2 heterocycles. The molecule has 0 saturated heterocycles. The predicted molar refractivity (Wildman–Crippen MR) is 73.8 cm³/mol. The van der Waals surface area contributed by atoms with Gasteiger partial charge in [-0.25, -0.2) is 4.79 Å². The number of halogens is 1. The summed E-state index contributed by atoms with van der Waals surface area (Å²) in [5, 5.41) is 21.0. The van der Waals surface area contributed by atoms with Gasteiger partial charge in [-0.1, -0.05) is 11.8 Å². The molecule has 0 radical (unpaired) electrons. The molecule has 3 aromatic rings. The van der Waals surface area contributed by atoms with Crippen LogP contribution >= 0.6 is 27.7 Å². The first-order chi connectivity index (χ1) is 9.65. The number of fused-ring (bicyclic) bond motifs is 1. The van der Waals surface area contributed by atoms with Crippen LogP contribution in [0, 0.1) is 0 Å². The minimum atomic E-state index is -0.988. The van der Waals surface area contributed by atoms with E-state index in [0.717, 1.165) is 4.90 Å². The predicted octanol–water partition coefficient (Wildman–Crippen LogP) is 2.13. The Labute approximate surface area is 125 Å². The highest BCUT2D eigenvalue weighted by molar-refractivity contribution is 9.10. The van der Waals surface area contributed by atoms with Gasteiger partial charge < -0.3 is 5.11 Å². The molecule has 0 spiro atoms. The second-order valence-corrected chi connectivity index (χ2v) is 5.69. The van der Waals surface area contributed by atoms with Gasteiger partial charge >= 0.3 is 5.97 Å². The molecular formula is C11H6BrN5O2S. The van der Waals surface area contributed by atoms with Gasteiger partial charge in [0, 0.05) is 9.37 Å². The lowest BCUT2D eigenvalue weighted by Gasteiger charge is -2.05. The molecule has 0 aliphatic heterocycles. The molecule has 0 fully saturated rings. The van der Waals surface area contributed by atoms with Gasteiger partial charge in [0.15, 0.2) is 5.65 Å². The number of aromatic carboxylic acids is 1. The third kappa shape index (κ3) is 2.37. The van der Waals surface area contributed by atoms with Crippen LogP contribution in [0.2, 0.25) is 0 Å². The fourth-order valence-corrected chi connectivity index (χ4v) is 2.88. The Morgan fingerprint density at radius 1 is 1.35 bits per heavy atom. The van der Waals surface area contributed by atoms with Crippen LogP contribution in [0.4, 0.5) is 0 Å². The van der Waals surface area contributed by atoms with Crippen LogP contribution in [0.3, 0.4) is 0 Å². The molecule has 0 aliphatic rings. The Morgan fingerprint density at radius 2 is 2.20 bits per heavy atom. The van der Waals surface area contributed by atoms with Gasteiger partial charge in [-0.3, -0.25) is 4.98 Å². The van der Waals surface area contributed by atoms with Crippen LogP contribution in [0.5, 0.6) is 0 Å². The van der Waals surface area contributed by atoms with Crippen LogP contribution in [0.15, 0.2) is 45.0 Å². The molecule has 0 saturated carbocycles. The van der Waals surface area contributed by atoms with Crippen LogP contribution in [-0.4, -0.2) is 36.1 Å². The van der Waals surface area contributed by atoms with Gasteiger partial charge in [0.1, 0.15) is 5.03 Å². The summed E-state index contributed by atoms with van der Waals surface area (Å²) in [4.78, 5) is 15.9. The van der Waals surface area contributed by atoms with E-state index < -0.39 is 5.97 Å². The number of aromatic nitrogens is 5. The van der Waals surface area contributed by atoms with Crippen molar-refractivity contribution >= 4 is 39.3 Å². The number of tetrazole rings is 1. The van der Waals surface area contributed by atoms with Crippen molar-refractivity contribution in [2.75, 3.05) is 0 Å². The first-order valence-corrected chi connectivity index (χ1v) is 6.99. The van der Waals surface area contributed by atoms with Crippen molar-refractivity contribution in [1.82, 2.24) is 25.0 Å². The van der Waals surface area contributed by atoms with Crippen molar-refractivity contribution in [3.8, 4) is 0 Å². The Kier molecular flexibility index (Phi) is 3.36. The van der Waals surface area contributed by atoms with E-state index in [2.05, 4.69) is 36.4 Å². The van der Waals surface area contributed by atoms with Gasteiger partial charge in [-0.05, 0) is 44.6 Å². The molecule has 1 N–H and O–H groups in total. The molecule has 9 heteroatoms. The molecule has 100 valence electrons. The Bertz CT molecular complexity index is 806. The summed E-state index contributed by atoms with van der Waals surface area (Å²) < 4.78 is 2.08. The van der Waals surface area contributed by atoms with E-state index in [9.17, 15) is 4.79 Å². The van der Waals surface area contributed by atoms with Crippen molar-refractivity contribution in [2.45, 2.75) is 9.92 Å². The van der Waals surface area contributed by atoms with Crippen molar-refractivity contribution in [3.05, 3.63) is 40.6 Å². The third-order valence-electron chi connectivity index (χ3n) is 2.47. The third-order valence-corrected chi connectivity index (χ3v) is 4.14. The minimum Gasteiger partial charge on any atom is -0.478 e. The number of hydrogen-bond donors (Lipinski definition) is 1. The van der Waals surface area contributed by atoms with E-state index in [1.165, 1.54) is 11.8 Å². The summed E-state index contributed by atoms with van der Waals surface area (Å²) in [6.07, 6.45) is 3.17. The zero-order chi connectivity index (χ0) is 14.1. The lowest BCUT2D eigenvalue weighted by molar-refractivity contribution is 0.0695. The topological polar surface area (TPSA) is 93.3 Å². The highest BCUT2D eigenvalue weighted by Crippen LogP contribution is 2.30. The SMILES string of the molecule is O=C(O)c1cc(Sc2cncc3nnnn23)ccc1Br. The second-order valence-electron chi connectivity index (χ2n) is 3.74. The molecule has 1 aromatic carbocycles. The van der Waals surface area contributed by atoms with Crippen molar-refractivity contribution in [3.63, 3.8) is 0 Å². The maximum absolute atomic E-state index is 11.1. The Hall–Kier alpha value is -2.00. The van der Waals surface area contributed by atoms with Gasteiger partial charge in [0.05, 0.1) is 18.0 Å². The second kappa shape index (κ2) is 5.17. The highest BCUT2D eigenvalue weighted by atomic mass is 79.9. The summed E-state index contributed by atoms with van der Waals surface area (Å²) >= 11 is 4.55. The smallest absolute Gasteiger partial charge is 0.336 e. The standard InChI is InChI=1S/C11H6BrN5O2S/c12-8-2-1-6(3-7(8)11(18)19)20-10-5-13-4-9-14-15-16-17(9)10/h1-5H,(H,18,19). The summed E-state index contributed by atoms with van der Waals surface area (Å²) in [7, 11) is 0. The highest BCUT2D eigenvalue weighted by Gasteiger charge is 2.11. The van der Waals surface area contributed by atoms with Gasteiger partial charge in [0.25, 0.3) is 0 Å². The van der Waals surface area contributed by atoms with E-state index in [1.807, 2.05) is 6.07 Å². The van der Waals surface area contributed by atoms with Gasteiger partial charge in [-0.2, -0.15) is 4.52 Å². The first-order valence-electron chi connectivity index (χ1n) is 5.38. The number of nitrogens with zero attached hydrogens (tertiary/aromatic N) is 5. The molecular weight excluding hydrogens is 346 g/mol. The first kappa shape index (κ1) is 13.0. The van der Waals surface area contributed by atoms with E-state index in [1.54, 1.807) is 29.0 Å². The zero-order valence-electron chi connectivity index (χ0n) is 9.76.